The molecule has 0 radical (unpaired) electrons. The van der Waals surface area contributed by atoms with Gasteiger partial charge in [-0.1, -0.05) is 30.3 Å². The number of hydrogen-bond donors (Lipinski definition) is 2. The SMILES string of the molecule is CC(C)NC(=O)C(c1ccccc1)N(C(=O)C(C)NC(=O)OC(C)(C)C)C1CCC1. The quantitative estimate of drug-likeness (QED) is 0.710. The summed E-state index contributed by atoms with van der Waals surface area (Å²) in [4.78, 5) is 40.5. The highest BCUT2D eigenvalue weighted by Gasteiger charge is 2.40. The second kappa shape index (κ2) is 9.96. The molecule has 1 saturated carbocycles. The van der Waals surface area contributed by atoms with E-state index in [9.17, 15) is 14.4 Å². The van der Waals surface area contributed by atoms with Crippen molar-refractivity contribution in [1.82, 2.24) is 15.5 Å². The van der Waals surface area contributed by atoms with Gasteiger partial charge in [-0.3, -0.25) is 9.59 Å². The number of nitrogens with one attached hydrogen (secondary N) is 2. The molecule has 7 nitrogen and oxygen atoms in total. The molecule has 0 spiro atoms. The van der Waals surface area contributed by atoms with Crippen molar-refractivity contribution < 1.29 is 19.1 Å². The largest absolute Gasteiger partial charge is 0.444 e. The summed E-state index contributed by atoms with van der Waals surface area (Å²) in [5.74, 6) is -0.515. The lowest BCUT2D eigenvalue weighted by atomic mass is 9.88. The molecule has 3 amide bonds. The fourth-order valence-corrected chi connectivity index (χ4v) is 3.39. The number of rotatable bonds is 7. The lowest BCUT2D eigenvalue weighted by molar-refractivity contribution is -0.147. The minimum Gasteiger partial charge on any atom is -0.444 e. The van der Waals surface area contributed by atoms with E-state index in [4.69, 9.17) is 4.74 Å². The molecule has 0 aliphatic heterocycles. The highest BCUT2D eigenvalue weighted by molar-refractivity contribution is 5.92. The molecular weight excluding hydrogens is 382 g/mol. The summed E-state index contributed by atoms with van der Waals surface area (Å²) in [5, 5.41) is 5.57. The average molecular weight is 418 g/mol. The molecule has 1 aliphatic carbocycles. The predicted molar refractivity (Wildman–Crippen MR) is 116 cm³/mol. The maximum Gasteiger partial charge on any atom is 0.408 e. The zero-order valence-electron chi connectivity index (χ0n) is 18.9. The van der Waals surface area contributed by atoms with Crippen LogP contribution in [0.25, 0.3) is 0 Å². The molecule has 2 N–H and O–H groups in total. The van der Waals surface area contributed by atoms with Crippen molar-refractivity contribution >= 4 is 17.9 Å². The standard InChI is InChI=1S/C23H35N3O4/c1-15(2)24-20(27)19(17-11-8-7-9-12-17)26(18-13-10-14-18)21(28)16(3)25-22(29)30-23(4,5)6/h7-9,11-12,15-16,18-19H,10,13-14H2,1-6H3,(H,24,27)(H,25,29). The first kappa shape index (κ1) is 23.7. The van der Waals surface area contributed by atoms with Gasteiger partial charge in [-0.15, -0.1) is 0 Å². The lowest BCUT2D eigenvalue weighted by Gasteiger charge is -2.43. The lowest BCUT2D eigenvalue weighted by Crippen LogP contribution is -2.57. The minimum atomic E-state index is -0.821. The van der Waals surface area contributed by atoms with Crippen LogP contribution in [0, 0.1) is 0 Å². The van der Waals surface area contributed by atoms with Gasteiger partial charge in [-0.2, -0.15) is 0 Å². The summed E-state index contributed by atoms with van der Waals surface area (Å²) < 4.78 is 5.28. The third-order valence-electron chi connectivity index (χ3n) is 4.90. The topological polar surface area (TPSA) is 87.7 Å². The molecule has 30 heavy (non-hydrogen) atoms. The summed E-state index contributed by atoms with van der Waals surface area (Å²) in [7, 11) is 0. The number of carbonyl (C=O) groups excluding carboxylic acids is 3. The summed E-state index contributed by atoms with van der Waals surface area (Å²) in [6.45, 7) is 10.7. The number of carbonyl (C=O) groups is 3. The van der Waals surface area contributed by atoms with Gasteiger partial charge in [0.1, 0.15) is 17.7 Å². The molecule has 0 aromatic heterocycles. The van der Waals surface area contributed by atoms with Gasteiger partial charge in [0.25, 0.3) is 0 Å². The molecule has 0 heterocycles. The van der Waals surface area contributed by atoms with Crippen LogP contribution >= 0.6 is 0 Å². The monoisotopic (exact) mass is 417 g/mol. The van der Waals surface area contributed by atoms with Gasteiger partial charge >= 0.3 is 6.09 Å². The van der Waals surface area contributed by atoms with E-state index in [1.165, 1.54) is 0 Å². The zero-order chi connectivity index (χ0) is 22.5. The molecule has 2 unspecified atom stereocenters. The fraction of sp³-hybridized carbons (Fsp3) is 0.609. The number of hydrogen-bond acceptors (Lipinski definition) is 4. The molecule has 166 valence electrons. The maximum atomic E-state index is 13.5. The smallest absolute Gasteiger partial charge is 0.408 e. The molecule has 0 saturated heterocycles. The van der Waals surface area contributed by atoms with Crippen molar-refractivity contribution in [2.45, 2.75) is 90.6 Å². The summed E-state index contributed by atoms with van der Waals surface area (Å²) in [5.41, 5.74) is 0.0879. The van der Waals surface area contributed by atoms with E-state index in [-0.39, 0.29) is 23.9 Å². The first-order valence-corrected chi connectivity index (χ1v) is 10.7. The van der Waals surface area contributed by atoms with Crippen molar-refractivity contribution in [1.29, 1.82) is 0 Å². The van der Waals surface area contributed by atoms with Gasteiger partial charge < -0.3 is 20.3 Å². The van der Waals surface area contributed by atoms with E-state index >= 15 is 0 Å². The van der Waals surface area contributed by atoms with Crippen LogP contribution in [0.15, 0.2) is 30.3 Å². The van der Waals surface area contributed by atoms with E-state index in [1.54, 1.807) is 32.6 Å². The van der Waals surface area contributed by atoms with Crippen molar-refractivity contribution in [3.8, 4) is 0 Å². The van der Waals surface area contributed by atoms with Gasteiger partial charge in [0.15, 0.2) is 0 Å². The van der Waals surface area contributed by atoms with Gasteiger partial charge in [-0.05, 0) is 66.4 Å². The second-order valence-corrected chi connectivity index (χ2v) is 9.17. The highest BCUT2D eigenvalue weighted by Crippen LogP contribution is 2.33. The van der Waals surface area contributed by atoms with Crippen molar-refractivity contribution in [3.63, 3.8) is 0 Å². The van der Waals surface area contributed by atoms with E-state index in [2.05, 4.69) is 10.6 Å². The Kier molecular flexibility index (Phi) is 7.87. The molecule has 1 aromatic carbocycles. The Morgan fingerprint density at radius 1 is 1.03 bits per heavy atom. The molecule has 2 rings (SSSR count). The van der Waals surface area contributed by atoms with Crippen LogP contribution in [0.5, 0.6) is 0 Å². The Balaban J connectivity index is 2.31. The first-order chi connectivity index (χ1) is 14.0. The maximum absolute atomic E-state index is 13.5. The van der Waals surface area contributed by atoms with Crippen LogP contribution in [0.4, 0.5) is 4.79 Å². The number of nitrogens with zero attached hydrogens (tertiary/aromatic N) is 1. The normalized spacial score (nSPS) is 16.2. The van der Waals surface area contributed by atoms with Gasteiger partial charge in [-0.25, -0.2) is 4.79 Å². The van der Waals surface area contributed by atoms with Crippen LogP contribution in [-0.4, -0.2) is 46.5 Å². The van der Waals surface area contributed by atoms with Gasteiger partial charge in [0.05, 0.1) is 0 Å². The van der Waals surface area contributed by atoms with Gasteiger partial charge in [0.2, 0.25) is 11.8 Å². The van der Waals surface area contributed by atoms with E-state index in [0.29, 0.717) is 0 Å². The molecule has 1 aliphatic rings. The van der Waals surface area contributed by atoms with E-state index < -0.39 is 23.8 Å². The second-order valence-electron chi connectivity index (χ2n) is 9.17. The Labute approximate surface area is 179 Å². The van der Waals surface area contributed by atoms with Crippen LogP contribution in [-0.2, 0) is 14.3 Å². The minimum absolute atomic E-state index is 0.0384. The number of alkyl carbamates (subject to hydrolysis) is 1. The summed E-state index contributed by atoms with van der Waals surface area (Å²) in [6.07, 6.45) is 2.03. The Hall–Kier alpha value is -2.57. The Morgan fingerprint density at radius 3 is 2.10 bits per heavy atom. The molecule has 1 fully saturated rings. The Bertz CT molecular complexity index is 739. The molecule has 0 bridgehead atoms. The van der Waals surface area contributed by atoms with Crippen LogP contribution in [0.1, 0.15) is 72.4 Å². The number of benzene rings is 1. The predicted octanol–water partition coefficient (Wildman–Crippen LogP) is 3.55. The van der Waals surface area contributed by atoms with E-state index in [1.807, 2.05) is 44.2 Å². The number of amides is 3. The molecular formula is C23H35N3O4. The zero-order valence-corrected chi connectivity index (χ0v) is 18.9. The fourth-order valence-electron chi connectivity index (χ4n) is 3.39. The first-order valence-electron chi connectivity index (χ1n) is 10.7. The summed E-state index contributed by atoms with van der Waals surface area (Å²) >= 11 is 0. The van der Waals surface area contributed by atoms with Crippen molar-refractivity contribution in [2.75, 3.05) is 0 Å². The molecule has 1 aromatic rings. The van der Waals surface area contributed by atoms with Crippen molar-refractivity contribution in [3.05, 3.63) is 35.9 Å². The van der Waals surface area contributed by atoms with Crippen LogP contribution in [0.3, 0.4) is 0 Å². The van der Waals surface area contributed by atoms with Crippen molar-refractivity contribution in [2.24, 2.45) is 0 Å². The Morgan fingerprint density at radius 2 is 1.63 bits per heavy atom. The van der Waals surface area contributed by atoms with E-state index in [0.717, 1.165) is 24.8 Å². The third kappa shape index (κ3) is 6.47. The third-order valence-corrected chi connectivity index (χ3v) is 4.90. The number of ether oxygens (including phenoxy) is 1. The molecule has 2 atom stereocenters. The summed E-state index contributed by atoms with van der Waals surface area (Å²) in [6, 6.07) is 7.64. The average Bonchev–Trinajstić information content (AvgIpc) is 2.57. The highest BCUT2D eigenvalue weighted by atomic mass is 16.6. The van der Waals surface area contributed by atoms with Gasteiger partial charge in [0, 0.05) is 12.1 Å². The van der Waals surface area contributed by atoms with Crippen LogP contribution < -0.4 is 10.6 Å². The van der Waals surface area contributed by atoms with Crippen LogP contribution in [0.2, 0.25) is 0 Å². The molecule has 7 heteroatoms.